The number of nitrogens with one attached hydrogen (secondary N) is 1. The molecule has 0 saturated carbocycles. The highest BCUT2D eigenvalue weighted by Crippen LogP contribution is 2.25. The quantitative estimate of drug-likeness (QED) is 0.510. The van der Waals surface area contributed by atoms with E-state index in [9.17, 15) is 4.79 Å². The normalized spacial score (nSPS) is 10.6. The molecule has 4 aromatic rings. The fraction of sp³-hybridized carbons (Fsp3) is 0.120. The summed E-state index contributed by atoms with van der Waals surface area (Å²) in [5.41, 5.74) is 7.39. The summed E-state index contributed by atoms with van der Waals surface area (Å²) in [7, 11) is 0. The molecule has 0 aliphatic heterocycles. The van der Waals surface area contributed by atoms with Gasteiger partial charge in [-0.25, -0.2) is 4.98 Å². The summed E-state index contributed by atoms with van der Waals surface area (Å²) in [6.07, 6.45) is 1.67. The number of benzene rings is 2. The number of pyridine rings is 2. The molecule has 2 heterocycles. The van der Waals surface area contributed by atoms with Gasteiger partial charge in [0.25, 0.3) is 5.91 Å². The van der Waals surface area contributed by atoms with Gasteiger partial charge in [0.2, 0.25) is 0 Å². The predicted molar refractivity (Wildman–Crippen MR) is 118 cm³/mol. The van der Waals surface area contributed by atoms with Gasteiger partial charge in [0.15, 0.2) is 0 Å². The number of hydrogen-bond acceptors (Lipinski definition) is 4. The van der Waals surface area contributed by atoms with E-state index in [4.69, 9.17) is 5.26 Å². The number of aromatic nitrogens is 2. The SMILES string of the molecule is Cc1cc(C)c2nc(C)cc(C(=O)Nc3ccc(-c4ccc(C#N)nc4)cc3)c2c1. The highest BCUT2D eigenvalue weighted by molar-refractivity contribution is 6.13. The third-order valence-electron chi connectivity index (χ3n) is 4.98. The van der Waals surface area contributed by atoms with E-state index < -0.39 is 0 Å². The number of anilines is 1. The maximum atomic E-state index is 13.0. The van der Waals surface area contributed by atoms with Gasteiger partial charge in [-0.2, -0.15) is 5.26 Å². The Morgan fingerprint density at radius 1 is 0.967 bits per heavy atom. The minimum atomic E-state index is -0.164. The van der Waals surface area contributed by atoms with Gasteiger partial charge < -0.3 is 5.32 Å². The standard InChI is InChI=1S/C25H20N4O/c1-15-10-16(2)24-22(11-15)23(12-17(3)28-24)25(30)29-20-7-4-18(5-8-20)19-6-9-21(13-26)27-14-19/h4-12,14H,1-3H3,(H,29,30). The molecule has 0 bridgehead atoms. The molecule has 0 aliphatic carbocycles. The van der Waals surface area contributed by atoms with E-state index in [1.54, 1.807) is 12.3 Å². The lowest BCUT2D eigenvalue weighted by Crippen LogP contribution is -2.13. The lowest BCUT2D eigenvalue weighted by atomic mass is 10.0. The van der Waals surface area contributed by atoms with Gasteiger partial charge >= 0.3 is 0 Å². The number of fused-ring (bicyclic) bond motifs is 1. The van der Waals surface area contributed by atoms with Crippen molar-refractivity contribution in [2.24, 2.45) is 0 Å². The van der Waals surface area contributed by atoms with E-state index in [-0.39, 0.29) is 5.91 Å². The molecule has 4 rings (SSSR count). The molecule has 1 amide bonds. The van der Waals surface area contributed by atoms with Crippen LogP contribution < -0.4 is 5.32 Å². The number of aryl methyl sites for hydroxylation is 3. The monoisotopic (exact) mass is 392 g/mol. The molecular weight excluding hydrogens is 372 g/mol. The summed E-state index contributed by atoms with van der Waals surface area (Å²) in [6.45, 7) is 5.93. The summed E-state index contributed by atoms with van der Waals surface area (Å²) in [6, 6.07) is 19.0. The number of carbonyl (C=O) groups is 1. The van der Waals surface area contributed by atoms with Crippen LogP contribution in [0.5, 0.6) is 0 Å². The highest BCUT2D eigenvalue weighted by atomic mass is 16.1. The van der Waals surface area contributed by atoms with E-state index >= 15 is 0 Å². The van der Waals surface area contributed by atoms with Crippen LogP contribution in [0.15, 0.2) is 60.8 Å². The molecule has 0 aliphatic rings. The Kier molecular flexibility index (Phi) is 4.99. The zero-order chi connectivity index (χ0) is 21.3. The molecule has 0 radical (unpaired) electrons. The first-order chi connectivity index (χ1) is 14.4. The fourth-order valence-corrected chi connectivity index (χ4v) is 3.57. The molecule has 0 spiro atoms. The molecular formula is C25H20N4O. The Bertz CT molecular complexity index is 1300. The van der Waals surface area contributed by atoms with Crippen LogP contribution in [-0.4, -0.2) is 15.9 Å². The Balaban J connectivity index is 1.62. The van der Waals surface area contributed by atoms with Gasteiger partial charge in [-0.1, -0.05) is 23.8 Å². The summed E-state index contributed by atoms with van der Waals surface area (Å²) < 4.78 is 0. The molecule has 0 atom stereocenters. The molecule has 1 N–H and O–H groups in total. The molecule has 2 aromatic heterocycles. The van der Waals surface area contributed by atoms with Crippen molar-refractivity contribution in [3.63, 3.8) is 0 Å². The summed E-state index contributed by atoms with van der Waals surface area (Å²) in [5.74, 6) is -0.164. The van der Waals surface area contributed by atoms with Crippen molar-refractivity contribution in [3.05, 3.63) is 88.9 Å². The van der Waals surface area contributed by atoms with E-state index in [0.717, 1.165) is 38.9 Å². The van der Waals surface area contributed by atoms with E-state index in [2.05, 4.69) is 21.4 Å². The van der Waals surface area contributed by atoms with Gasteiger partial charge in [-0.3, -0.25) is 9.78 Å². The van der Waals surface area contributed by atoms with Crippen molar-refractivity contribution < 1.29 is 4.79 Å². The van der Waals surface area contributed by atoms with Crippen LogP contribution in [0.3, 0.4) is 0 Å². The molecule has 5 heteroatoms. The van der Waals surface area contributed by atoms with Crippen molar-refractivity contribution in [2.75, 3.05) is 5.32 Å². The van der Waals surface area contributed by atoms with Crippen LogP contribution in [0.25, 0.3) is 22.0 Å². The summed E-state index contributed by atoms with van der Waals surface area (Å²) in [5, 5.41) is 12.7. The van der Waals surface area contributed by atoms with Crippen molar-refractivity contribution in [1.82, 2.24) is 9.97 Å². The van der Waals surface area contributed by atoms with Gasteiger partial charge in [0.1, 0.15) is 11.8 Å². The Hall–Kier alpha value is -4.04. The summed E-state index contributed by atoms with van der Waals surface area (Å²) >= 11 is 0. The number of rotatable bonds is 3. The predicted octanol–water partition coefficient (Wildman–Crippen LogP) is 5.35. The maximum Gasteiger partial charge on any atom is 0.256 e. The number of nitrogens with zero attached hydrogens (tertiary/aromatic N) is 3. The zero-order valence-electron chi connectivity index (χ0n) is 17.0. The van der Waals surface area contributed by atoms with Crippen LogP contribution in [0.2, 0.25) is 0 Å². The third-order valence-corrected chi connectivity index (χ3v) is 4.98. The Morgan fingerprint density at radius 3 is 2.37 bits per heavy atom. The Morgan fingerprint density at radius 2 is 1.70 bits per heavy atom. The molecule has 0 unspecified atom stereocenters. The Labute approximate surface area is 175 Å². The van der Waals surface area contributed by atoms with Gasteiger partial charge in [-0.15, -0.1) is 0 Å². The average Bonchev–Trinajstić information content (AvgIpc) is 2.74. The minimum Gasteiger partial charge on any atom is -0.322 e. The first kappa shape index (κ1) is 19.3. The molecule has 146 valence electrons. The van der Waals surface area contributed by atoms with Crippen LogP contribution in [0, 0.1) is 32.1 Å². The van der Waals surface area contributed by atoms with Crippen molar-refractivity contribution >= 4 is 22.5 Å². The van der Waals surface area contributed by atoms with Crippen LogP contribution >= 0.6 is 0 Å². The van der Waals surface area contributed by atoms with Gasteiger partial charge in [0, 0.05) is 28.5 Å². The van der Waals surface area contributed by atoms with Crippen LogP contribution in [0.1, 0.15) is 32.9 Å². The lowest BCUT2D eigenvalue weighted by Gasteiger charge is -2.12. The number of hydrogen-bond donors (Lipinski definition) is 1. The maximum absolute atomic E-state index is 13.0. The first-order valence-electron chi connectivity index (χ1n) is 9.61. The second kappa shape index (κ2) is 7.76. The smallest absolute Gasteiger partial charge is 0.256 e. The molecule has 30 heavy (non-hydrogen) atoms. The highest BCUT2D eigenvalue weighted by Gasteiger charge is 2.14. The lowest BCUT2D eigenvalue weighted by molar-refractivity contribution is 0.102. The summed E-state index contributed by atoms with van der Waals surface area (Å²) in [4.78, 5) is 21.8. The average molecular weight is 392 g/mol. The van der Waals surface area contributed by atoms with E-state index in [0.29, 0.717) is 16.9 Å². The van der Waals surface area contributed by atoms with Crippen molar-refractivity contribution in [2.45, 2.75) is 20.8 Å². The largest absolute Gasteiger partial charge is 0.322 e. The van der Waals surface area contributed by atoms with Gasteiger partial charge in [0.05, 0.1) is 11.1 Å². The molecule has 0 fully saturated rings. The number of nitriles is 1. The zero-order valence-corrected chi connectivity index (χ0v) is 17.0. The van der Waals surface area contributed by atoms with Gasteiger partial charge in [-0.05, 0) is 68.3 Å². The number of amides is 1. The van der Waals surface area contributed by atoms with Crippen molar-refractivity contribution in [3.8, 4) is 17.2 Å². The number of carbonyl (C=O) groups excluding carboxylic acids is 1. The minimum absolute atomic E-state index is 0.164. The second-order valence-electron chi connectivity index (χ2n) is 7.36. The fourth-order valence-electron chi connectivity index (χ4n) is 3.57. The van der Waals surface area contributed by atoms with Crippen molar-refractivity contribution in [1.29, 1.82) is 5.26 Å². The molecule has 0 saturated heterocycles. The van der Waals surface area contributed by atoms with E-state index in [1.165, 1.54) is 0 Å². The van der Waals surface area contributed by atoms with Crippen LogP contribution in [-0.2, 0) is 0 Å². The molecule has 2 aromatic carbocycles. The third kappa shape index (κ3) is 3.76. The first-order valence-corrected chi connectivity index (χ1v) is 9.61. The van der Waals surface area contributed by atoms with E-state index in [1.807, 2.05) is 69.3 Å². The second-order valence-corrected chi connectivity index (χ2v) is 7.36. The van der Waals surface area contributed by atoms with Crippen LogP contribution in [0.4, 0.5) is 5.69 Å². The molecule has 5 nitrogen and oxygen atoms in total. The topological polar surface area (TPSA) is 78.7 Å².